The molecule has 5 heteroatoms. The second kappa shape index (κ2) is 8.11. The van der Waals surface area contributed by atoms with Gasteiger partial charge in [-0.25, -0.2) is 0 Å². The van der Waals surface area contributed by atoms with Gasteiger partial charge in [0.25, 0.3) is 5.91 Å². The number of nitrogens with zero attached hydrogens (tertiary/aromatic N) is 2. The van der Waals surface area contributed by atoms with Gasteiger partial charge in [-0.15, -0.1) is 0 Å². The standard InChI is InChI=1S/C21H30N2O3/c1-15(2)17-8-9-18(19(24)14-17)21(26)23-12-10-22(11-13-23)20(25)16-6-4-3-5-7-16/h8-9,14-16,24H,3-7,10-13H2,1-2H3. The van der Waals surface area contributed by atoms with Gasteiger partial charge in [-0.3, -0.25) is 9.59 Å². The maximum absolute atomic E-state index is 12.7. The monoisotopic (exact) mass is 358 g/mol. The third-order valence-corrected chi connectivity index (χ3v) is 5.75. The quantitative estimate of drug-likeness (QED) is 0.901. The van der Waals surface area contributed by atoms with E-state index in [1.165, 1.54) is 6.42 Å². The first-order valence-corrected chi connectivity index (χ1v) is 9.88. The van der Waals surface area contributed by atoms with Crippen LogP contribution in [-0.2, 0) is 4.79 Å². The van der Waals surface area contributed by atoms with Gasteiger partial charge >= 0.3 is 0 Å². The third-order valence-electron chi connectivity index (χ3n) is 5.75. The first-order chi connectivity index (χ1) is 12.5. The summed E-state index contributed by atoms with van der Waals surface area (Å²) in [5, 5.41) is 10.2. The van der Waals surface area contributed by atoms with Crippen molar-refractivity contribution in [1.82, 2.24) is 9.80 Å². The average molecular weight is 358 g/mol. The lowest BCUT2D eigenvalue weighted by Gasteiger charge is -2.37. The van der Waals surface area contributed by atoms with E-state index in [4.69, 9.17) is 0 Å². The molecule has 0 spiro atoms. The second-order valence-electron chi connectivity index (χ2n) is 7.88. The average Bonchev–Trinajstić information content (AvgIpc) is 2.67. The van der Waals surface area contributed by atoms with Gasteiger partial charge in [0.2, 0.25) is 5.91 Å². The summed E-state index contributed by atoms with van der Waals surface area (Å²) in [4.78, 5) is 29.0. The van der Waals surface area contributed by atoms with Crippen LogP contribution < -0.4 is 0 Å². The number of amides is 2. The summed E-state index contributed by atoms with van der Waals surface area (Å²) in [5.41, 5.74) is 1.36. The molecular formula is C21H30N2O3. The zero-order valence-corrected chi connectivity index (χ0v) is 15.9. The van der Waals surface area contributed by atoms with E-state index in [0.29, 0.717) is 37.7 Å². The molecule has 3 rings (SSSR count). The van der Waals surface area contributed by atoms with Crippen LogP contribution in [0.1, 0.15) is 67.8 Å². The Hall–Kier alpha value is -2.04. The van der Waals surface area contributed by atoms with E-state index in [-0.39, 0.29) is 23.5 Å². The first-order valence-electron chi connectivity index (χ1n) is 9.88. The fraction of sp³-hybridized carbons (Fsp3) is 0.619. The summed E-state index contributed by atoms with van der Waals surface area (Å²) in [6, 6.07) is 5.30. The Kier molecular flexibility index (Phi) is 5.84. The van der Waals surface area contributed by atoms with E-state index in [0.717, 1.165) is 31.2 Å². The summed E-state index contributed by atoms with van der Waals surface area (Å²) >= 11 is 0. The molecule has 2 fully saturated rings. The van der Waals surface area contributed by atoms with Crippen LogP contribution in [0.5, 0.6) is 5.75 Å². The highest BCUT2D eigenvalue weighted by Gasteiger charge is 2.30. The molecule has 1 heterocycles. The fourth-order valence-corrected chi connectivity index (χ4v) is 4.00. The second-order valence-corrected chi connectivity index (χ2v) is 7.88. The van der Waals surface area contributed by atoms with Gasteiger partial charge in [-0.1, -0.05) is 39.2 Å². The van der Waals surface area contributed by atoms with Gasteiger partial charge in [0, 0.05) is 32.1 Å². The highest BCUT2D eigenvalue weighted by molar-refractivity contribution is 5.97. The van der Waals surface area contributed by atoms with Gasteiger partial charge in [0.1, 0.15) is 5.75 Å². The molecule has 5 nitrogen and oxygen atoms in total. The number of phenolic OH excluding ortho intramolecular Hbond substituents is 1. The molecule has 1 aromatic rings. The lowest BCUT2D eigenvalue weighted by molar-refractivity contribution is -0.138. The molecule has 1 saturated heterocycles. The van der Waals surface area contributed by atoms with Gasteiger partial charge in [0.05, 0.1) is 5.56 Å². The summed E-state index contributed by atoms with van der Waals surface area (Å²) < 4.78 is 0. The van der Waals surface area contributed by atoms with E-state index in [2.05, 4.69) is 13.8 Å². The zero-order chi connectivity index (χ0) is 18.7. The number of hydrogen-bond donors (Lipinski definition) is 1. The van der Waals surface area contributed by atoms with Crippen LogP contribution in [0, 0.1) is 5.92 Å². The predicted octanol–water partition coefficient (Wildman–Crippen LogP) is 3.38. The maximum atomic E-state index is 12.7. The van der Waals surface area contributed by atoms with Gasteiger partial charge in [0.15, 0.2) is 0 Å². The van der Waals surface area contributed by atoms with Crippen LogP contribution in [0.3, 0.4) is 0 Å². The Labute approximate surface area is 156 Å². The SMILES string of the molecule is CC(C)c1ccc(C(=O)N2CCN(C(=O)C3CCCCC3)CC2)c(O)c1. The number of piperazine rings is 1. The predicted molar refractivity (Wildman–Crippen MR) is 101 cm³/mol. The van der Waals surface area contributed by atoms with E-state index in [9.17, 15) is 14.7 Å². The molecule has 1 aliphatic carbocycles. The molecule has 0 bridgehead atoms. The summed E-state index contributed by atoms with van der Waals surface area (Å²) in [5.74, 6) is 0.642. The number of benzene rings is 1. The molecule has 1 saturated carbocycles. The van der Waals surface area contributed by atoms with Gasteiger partial charge in [-0.05, 0) is 36.5 Å². The molecule has 142 valence electrons. The van der Waals surface area contributed by atoms with Crippen molar-refractivity contribution in [3.63, 3.8) is 0 Å². The van der Waals surface area contributed by atoms with Crippen LogP contribution in [-0.4, -0.2) is 52.9 Å². The summed E-state index contributed by atoms with van der Waals surface area (Å²) in [6.07, 6.45) is 5.56. The number of rotatable bonds is 3. The van der Waals surface area contributed by atoms with Gasteiger partial charge < -0.3 is 14.9 Å². The smallest absolute Gasteiger partial charge is 0.257 e. The molecule has 1 aliphatic heterocycles. The number of carbonyl (C=O) groups excluding carboxylic acids is 2. The van der Waals surface area contributed by atoms with E-state index < -0.39 is 0 Å². The number of carbonyl (C=O) groups is 2. The third kappa shape index (κ3) is 4.02. The zero-order valence-electron chi connectivity index (χ0n) is 15.9. The Morgan fingerprint density at radius 1 is 1.00 bits per heavy atom. The highest BCUT2D eigenvalue weighted by atomic mass is 16.3. The lowest BCUT2D eigenvalue weighted by Crippen LogP contribution is -2.52. The minimum absolute atomic E-state index is 0.0434. The Morgan fingerprint density at radius 2 is 1.62 bits per heavy atom. The topological polar surface area (TPSA) is 60.9 Å². The molecule has 0 atom stereocenters. The Bertz CT molecular complexity index is 657. The van der Waals surface area contributed by atoms with Crippen molar-refractivity contribution < 1.29 is 14.7 Å². The van der Waals surface area contributed by atoms with Crippen LogP contribution in [0.15, 0.2) is 18.2 Å². The molecule has 2 aliphatic rings. The number of phenols is 1. The van der Waals surface area contributed by atoms with E-state index >= 15 is 0 Å². The molecule has 0 unspecified atom stereocenters. The normalized spacial score (nSPS) is 19.0. The minimum atomic E-state index is -0.150. The van der Waals surface area contributed by atoms with Crippen LogP contribution >= 0.6 is 0 Å². The molecule has 0 radical (unpaired) electrons. The molecule has 0 aromatic heterocycles. The van der Waals surface area contributed by atoms with Crippen molar-refractivity contribution in [1.29, 1.82) is 0 Å². The lowest BCUT2D eigenvalue weighted by atomic mass is 9.88. The number of aromatic hydroxyl groups is 1. The van der Waals surface area contributed by atoms with Crippen LogP contribution in [0.4, 0.5) is 0 Å². The van der Waals surface area contributed by atoms with Gasteiger partial charge in [-0.2, -0.15) is 0 Å². The minimum Gasteiger partial charge on any atom is -0.507 e. The molecular weight excluding hydrogens is 328 g/mol. The largest absolute Gasteiger partial charge is 0.507 e. The van der Waals surface area contributed by atoms with E-state index in [1.807, 2.05) is 11.0 Å². The highest BCUT2D eigenvalue weighted by Crippen LogP contribution is 2.27. The maximum Gasteiger partial charge on any atom is 0.257 e. The van der Waals surface area contributed by atoms with Crippen molar-refractivity contribution in [3.05, 3.63) is 29.3 Å². The van der Waals surface area contributed by atoms with Crippen molar-refractivity contribution in [2.24, 2.45) is 5.92 Å². The first kappa shape index (κ1) is 18.7. The molecule has 1 N–H and O–H groups in total. The van der Waals surface area contributed by atoms with Crippen molar-refractivity contribution in [2.45, 2.75) is 51.9 Å². The summed E-state index contributed by atoms with van der Waals surface area (Å²) in [7, 11) is 0. The summed E-state index contributed by atoms with van der Waals surface area (Å²) in [6.45, 7) is 6.35. The van der Waals surface area contributed by atoms with E-state index in [1.54, 1.807) is 17.0 Å². The molecule has 2 amide bonds. The van der Waals surface area contributed by atoms with Crippen LogP contribution in [0.25, 0.3) is 0 Å². The Balaban J connectivity index is 1.59. The number of hydrogen-bond acceptors (Lipinski definition) is 3. The fourth-order valence-electron chi connectivity index (χ4n) is 4.00. The molecule has 1 aromatic carbocycles. The Morgan fingerprint density at radius 3 is 2.19 bits per heavy atom. The van der Waals surface area contributed by atoms with Crippen LogP contribution in [0.2, 0.25) is 0 Å². The van der Waals surface area contributed by atoms with Crippen molar-refractivity contribution >= 4 is 11.8 Å². The van der Waals surface area contributed by atoms with Crippen molar-refractivity contribution in [2.75, 3.05) is 26.2 Å². The molecule has 26 heavy (non-hydrogen) atoms. The van der Waals surface area contributed by atoms with Crippen molar-refractivity contribution in [3.8, 4) is 5.75 Å².